The van der Waals surface area contributed by atoms with E-state index in [0.29, 0.717) is 22.6 Å². The van der Waals surface area contributed by atoms with Gasteiger partial charge in [-0.05, 0) is 57.6 Å². The Bertz CT molecular complexity index is 1350. The lowest BCUT2D eigenvalue weighted by Crippen LogP contribution is -2.58. The highest BCUT2D eigenvalue weighted by Gasteiger charge is 2.36. The summed E-state index contributed by atoms with van der Waals surface area (Å²) < 4.78 is 5.18. The summed E-state index contributed by atoms with van der Waals surface area (Å²) in [5.74, 6) is -0.500. The first-order valence-corrected chi connectivity index (χ1v) is 16.7. The van der Waals surface area contributed by atoms with Crippen LogP contribution in [0.1, 0.15) is 89.2 Å². The minimum atomic E-state index is -0.844. The van der Waals surface area contributed by atoms with Crippen LogP contribution < -0.4 is 5.32 Å². The zero-order valence-corrected chi connectivity index (χ0v) is 28.9. The van der Waals surface area contributed by atoms with E-state index in [2.05, 4.69) is 31.0 Å². The Kier molecular flexibility index (Phi) is 13.7. The molecule has 8 nitrogen and oxygen atoms in total. The molecule has 0 spiro atoms. The summed E-state index contributed by atoms with van der Waals surface area (Å²) in [6.45, 7) is 15.0. The third-order valence-corrected chi connectivity index (χ3v) is 9.14. The molecule has 46 heavy (non-hydrogen) atoms. The molecule has 2 amide bonds. The van der Waals surface area contributed by atoms with Crippen LogP contribution in [0.25, 0.3) is 0 Å². The molecule has 1 aliphatic rings. The molecule has 3 rings (SSSR count). The molecule has 2 unspecified atom stereocenters. The Morgan fingerprint density at radius 1 is 0.935 bits per heavy atom. The Labute approximate surface area is 275 Å². The van der Waals surface area contributed by atoms with Gasteiger partial charge >= 0.3 is 5.97 Å². The number of carbonyl (C=O) groups excluding carboxylic acids is 4. The summed E-state index contributed by atoms with van der Waals surface area (Å²) in [5.41, 5.74) is 2.42. The normalized spacial score (nSPS) is 17.7. The smallest absolute Gasteiger partial charge is 0.333 e. The molecule has 4 atom stereocenters. The van der Waals surface area contributed by atoms with Crippen molar-refractivity contribution in [2.45, 2.75) is 98.3 Å². The second kappa shape index (κ2) is 17.2. The molecule has 1 fully saturated rings. The predicted molar refractivity (Wildman–Crippen MR) is 182 cm³/mol. The van der Waals surface area contributed by atoms with E-state index < -0.39 is 18.1 Å². The zero-order valence-electron chi connectivity index (χ0n) is 28.9. The van der Waals surface area contributed by atoms with Crippen LogP contribution in [0, 0.1) is 11.8 Å². The molecule has 8 heteroatoms. The van der Waals surface area contributed by atoms with Crippen molar-refractivity contribution in [3.63, 3.8) is 0 Å². The van der Waals surface area contributed by atoms with E-state index in [9.17, 15) is 19.2 Å². The quantitative estimate of drug-likeness (QED) is 0.160. The summed E-state index contributed by atoms with van der Waals surface area (Å²) in [6.07, 6.45) is 4.78. The first kappa shape index (κ1) is 36.7. The maximum atomic E-state index is 14.3. The lowest BCUT2D eigenvalue weighted by Gasteiger charge is -2.41. The van der Waals surface area contributed by atoms with E-state index in [-0.39, 0.29) is 48.6 Å². The summed E-state index contributed by atoms with van der Waals surface area (Å²) in [7, 11) is 1.72. The van der Waals surface area contributed by atoms with E-state index >= 15 is 0 Å². The minimum Gasteiger partial charge on any atom is -0.463 e. The molecular formula is C38H53N3O5. The first-order valence-electron chi connectivity index (χ1n) is 16.7. The van der Waals surface area contributed by atoms with Crippen molar-refractivity contribution in [3.05, 3.63) is 82.9 Å². The number of benzene rings is 2. The van der Waals surface area contributed by atoms with Gasteiger partial charge in [-0.25, -0.2) is 4.79 Å². The number of carbonyl (C=O) groups is 4. The van der Waals surface area contributed by atoms with Gasteiger partial charge in [-0.15, -0.1) is 0 Å². The number of likely N-dealkylation sites (N-methyl/N-ethyl adjacent to an activating group) is 1. The standard InChI is InChI=1S/C38H53N3O5/c1-9-46-38(45)27(6)23-34(26(4)5)40(8)37(44)32(39-36(43)33-17-13-14-22-41(33)28(7)25(2)3)24-29-18-20-31(21-19-29)35(42)30-15-11-10-12-16-30/h10-12,15-16,18-21,23,25-26,28,32-34H,9,13-14,17,22,24H2,1-8H3,(H,39,43)/b27-23+/t28?,32-,33?,34+/m0/s1. The predicted octanol–water partition coefficient (Wildman–Crippen LogP) is 5.84. The van der Waals surface area contributed by atoms with Gasteiger partial charge < -0.3 is 15.0 Å². The molecule has 2 aromatic rings. The number of ether oxygens (including phenoxy) is 1. The number of piperidine rings is 1. The van der Waals surface area contributed by atoms with E-state index in [4.69, 9.17) is 4.74 Å². The van der Waals surface area contributed by atoms with E-state index in [1.165, 1.54) is 0 Å². The van der Waals surface area contributed by atoms with Gasteiger partial charge in [0, 0.05) is 36.2 Å². The summed E-state index contributed by atoms with van der Waals surface area (Å²) in [5, 5.41) is 3.14. The molecule has 0 aliphatic carbocycles. The molecule has 0 bridgehead atoms. The molecule has 0 radical (unpaired) electrons. The highest BCUT2D eigenvalue weighted by Crippen LogP contribution is 2.24. The number of likely N-dealkylation sites (tertiary alicyclic amines) is 1. The minimum absolute atomic E-state index is 0.00121. The average Bonchev–Trinajstić information content (AvgIpc) is 3.06. The molecule has 1 heterocycles. The van der Waals surface area contributed by atoms with Gasteiger partial charge in [-0.1, -0.05) is 94.8 Å². The van der Waals surface area contributed by atoms with Crippen LogP contribution in [0.15, 0.2) is 66.2 Å². The van der Waals surface area contributed by atoms with Gasteiger partial charge in [0.25, 0.3) is 0 Å². The number of hydrogen-bond acceptors (Lipinski definition) is 6. The molecule has 250 valence electrons. The maximum Gasteiger partial charge on any atom is 0.333 e. The number of esters is 1. The lowest BCUT2D eigenvalue weighted by atomic mass is 9.94. The number of hydrogen-bond donors (Lipinski definition) is 1. The Morgan fingerprint density at radius 3 is 2.15 bits per heavy atom. The van der Waals surface area contributed by atoms with E-state index in [1.54, 1.807) is 56.1 Å². The third kappa shape index (κ3) is 9.61. The maximum absolute atomic E-state index is 14.3. The molecule has 0 saturated carbocycles. The summed E-state index contributed by atoms with van der Waals surface area (Å²) >= 11 is 0. The fraction of sp³-hybridized carbons (Fsp3) is 0.526. The lowest BCUT2D eigenvalue weighted by molar-refractivity contribution is -0.139. The van der Waals surface area contributed by atoms with Crippen LogP contribution in [0.3, 0.4) is 0 Å². The molecule has 0 aromatic heterocycles. The van der Waals surface area contributed by atoms with Crippen molar-refractivity contribution < 1.29 is 23.9 Å². The van der Waals surface area contributed by atoms with E-state index in [0.717, 1.165) is 31.4 Å². The third-order valence-electron chi connectivity index (χ3n) is 9.14. The first-order chi connectivity index (χ1) is 21.8. The number of nitrogens with zero attached hydrogens (tertiary/aromatic N) is 2. The highest BCUT2D eigenvalue weighted by atomic mass is 16.5. The molecule has 1 aliphatic heterocycles. The molecule has 1 N–H and O–H groups in total. The fourth-order valence-corrected chi connectivity index (χ4v) is 6.07. The van der Waals surface area contributed by atoms with Crippen LogP contribution in [-0.2, 0) is 25.5 Å². The monoisotopic (exact) mass is 631 g/mol. The van der Waals surface area contributed by atoms with Crippen LogP contribution in [-0.4, -0.2) is 77.7 Å². The van der Waals surface area contributed by atoms with Gasteiger partial charge in [0.05, 0.1) is 18.7 Å². The van der Waals surface area contributed by atoms with Gasteiger partial charge in [0.1, 0.15) is 6.04 Å². The van der Waals surface area contributed by atoms with Gasteiger partial charge in [-0.3, -0.25) is 19.3 Å². The fourth-order valence-electron chi connectivity index (χ4n) is 6.07. The van der Waals surface area contributed by atoms with Crippen LogP contribution in [0.2, 0.25) is 0 Å². The molecule has 1 saturated heterocycles. The van der Waals surface area contributed by atoms with Crippen molar-refractivity contribution in [1.29, 1.82) is 0 Å². The number of ketones is 1. The molecular weight excluding hydrogens is 578 g/mol. The van der Waals surface area contributed by atoms with Gasteiger partial charge in [0.2, 0.25) is 11.8 Å². The van der Waals surface area contributed by atoms with Crippen molar-refractivity contribution in [2.24, 2.45) is 11.8 Å². The molecule has 2 aromatic carbocycles. The van der Waals surface area contributed by atoms with Gasteiger partial charge in [-0.2, -0.15) is 0 Å². The van der Waals surface area contributed by atoms with Crippen molar-refractivity contribution >= 4 is 23.6 Å². The number of nitrogens with one attached hydrogen (secondary N) is 1. The van der Waals surface area contributed by atoms with Crippen LogP contribution in [0.4, 0.5) is 0 Å². The van der Waals surface area contributed by atoms with Crippen molar-refractivity contribution in [2.75, 3.05) is 20.2 Å². The van der Waals surface area contributed by atoms with Crippen molar-refractivity contribution in [3.8, 4) is 0 Å². The van der Waals surface area contributed by atoms with Gasteiger partial charge in [0.15, 0.2) is 5.78 Å². The second-order valence-electron chi connectivity index (χ2n) is 13.1. The zero-order chi connectivity index (χ0) is 34.0. The van der Waals surface area contributed by atoms with Crippen molar-refractivity contribution in [1.82, 2.24) is 15.1 Å². The Hall–Kier alpha value is -3.78. The summed E-state index contributed by atoms with van der Waals surface area (Å²) in [6, 6.07) is 15.0. The highest BCUT2D eigenvalue weighted by molar-refractivity contribution is 6.09. The number of amides is 2. The summed E-state index contributed by atoms with van der Waals surface area (Å²) in [4.78, 5) is 57.5. The Balaban J connectivity index is 1.92. The topological polar surface area (TPSA) is 96.0 Å². The largest absolute Gasteiger partial charge is 0.463 e. The average molecular weight is 632 g/mol. The second-order valence-corrected chi connectivity index (χ2v) is 13.1. The van der Waals surface area contributed by atoms with Crippen LogP contribution in [0.5, 0.6) is 0 Å². The van der Waals surface area contributed by atoms with Crippen LogP contribution >= 0.6 is 0 Å². The Morgan fingerprint density at radius 2 is 1.57 bits per heavy atom. The number of rotatable bonds is 14. The SMILES string of the molecule is CCOC(=O)/C(C)=C/[C@H](C(C)C)N(C)C(=O)[C@H](Cc1ccc(C(=O)c2ccccc2)cc1)NC(=O)C1CCCCN1C(C)C(C)C. The van der Waals surface area contributed by atoms with E-state index in [1.807, 2.05) is 44.2 Å².